The molecule has 1 aromatic rings. The Kier molecular flexibility index (Phi) is 5.05. The van der Waals surface area contributed by atoms with Gasteiger partial charge in [0.1, 0.15) is 0 Å². The van der Waals surface area contributed by atoms with Crippen LogP contribution >= 0.6 is 0 Å². The van der Waals surface area contributed by atoms with E-state index in [0.29, 0.717) is 17.0 Å². The summed E-state index contributed by atoms with van der Waals surface area (Å²) in [6.45, 7) is 1.66. The number of ether oxygens (including phenoxy) is 1. The Morgan fingerprint density at radius 2 is 1.95 bits per heavy atom. The summed E-state index contributed by atoms with van der Waals surface area (Å²) in [6, 6.07) is 7.45. The standard InChI is InChI=1S/C15H23NO3S/c1-3-20(17,18)15-9-7-12(8-10-15)16-13-5-4-6-14(11-13)19-2/h7-10,13-14,16H,3-6,11H2,1-2H3. The van der Waals surface area contributed by atoms with E-state index in [1.807, 2.05) is 12.1 Å². The van der Waals surface area contributed by atoms with E-state index in [0.717, 1.165) is 24.9 Å². The monoisotopic (exact) mass is 297 g/mol. The van der Waals surface area contributed by atoms with Crippen molar-refractivity contribution < 1.29 is 13.2 Å². The summed E-state index contributed by atoms with van der Waals surface area (Å²) in [7, 11) is -1.35. The highest BCUT2D eigenvalue weighted by Gasteiger charge is 2.21. The average molecular weight is 297 g/mol. The molecule has 0 heterocycles. The van der Waals surface area contributed by atoms with Crippen LogP contribution in [0.2, 0.25) is 0 Å². The minimum absolute atomic E-state index is 0.137. The van der Waals surface area contributed by atoms with Gasteiger partial charge in [-0.15, -0.1) is 0 Å². The molecule has 0 amide bonds. The van der Waals surface area contributed by atoms with Crippen LogP contribution in [0.25, 0.3) is 0 Å². The number of sulfone groups is 1. The molecule has 0 aliphatic heterocycles. The number of benzene rings is 1. The molecule has 2 unspecified atom stereocenters. The maximum atomic E-state index is 11.7. The van der Waals surface area contributed by atoms with Gasteiger partial charge in [0.2, 0.25) is 0 Å². The molecule has 0 saturated heterocycles. The normalized spacial score (nSPS) is 23.5. The van der Waals surface area contributed by atoms with Crippen molar-refractivity contribution in [3.05, 3.63) is 24.3 Å². The first-order chi connectivity index (χ1) is 9.55. The molecular weight excluding hydrogens is 274 g/mol. The van der Waals surface area contributed by atoms with Crippen LogP contribution in [0.1, 0.15) is 32.6 Å². The van der Waals surface area contributed by atoms with Crippen LogP contribution < -0.4 is 5.32 Å². The van der Waals surface area contributed by atoms with Gasteiger partial charge in [-0.05, 0) is 49.9 Å². The van der Waals surface area contributed by atoms with Gasteiger partial charge in [-0.3, -0.25) is 0 Å². The summed E-state index contributed by atoms with van der Waals surface area (Å²) in [4.78, 5) is 0.393. The molecule has 0 radical (unpaired) electrons. The second kappa shape index (κ2) is 6.59. The van der Waals surface area contributed by atoms with E-state index in [1.54, 1.807) is 26.2 Å². The van der Waals surface area contributed by atoms with Crippen LogP contribution in [0.3, 0.4) is 0 Å². The lowest BCUT2D eigenvalue weighted by molar-refractivity contribution is 0.0669. The lowest BCUT2D eigenvalue weighted by Gasteiger charge is -2.29. The SMILES string of the molecule is CCS(=O)(=O)c1ccc(NC2CCCC(OC)C2)cc1. The molecule has 1 aliphatic carbocycles. The van der Waals surface area contributed by atoms with Crippen LogP contribution in [-0.2, 0) is 14.6 Å². The third kappa shape index (κ3) is 3.73. The third-order valence-corrected chi connectivity index (χ3v) is 5.67. The van der Waals surface area contributed by atoms with E-state index in [9.17, 15) is 8.42 Å². The van der Waals surface area contributed by atoms with Gasteiger partial charge >= 0.3 is 0 Å². The van der Waals surface area contributed by atoms with Crippen LogP contribution in [-0.4, -0.2) is 33.4 Å². The van der Waals surface area contributed by atoms with Crippen LogP contribution in [0.5, 0.6) is 0 Å². The largest absolute Gasteiger partial charge is 0.382 e. The highest BCUT2D eigenvalue weighted by molar-refractivity contribution is 7.91. The fourth-order valence-corrected chi connectivity index (χ4v) is 3.54. The van der Waals surface area contributed by atoms with Gasteiger partial charge in [-0.2, -0.15) is 0 Å². The van der Waals surface area contributed by atoms with E-state index in [4.69, 9.17) is 4.74 Å². The number of nitrogens with one attached hydrogen (secondary N) is 1. The van der Waals surface area contributed by atoms with E-state index < -0.39 is 9.84 Å². The number of hydrogen-bond donors (Lipinski definition) is 1. The molecule has 4 nitrogen and oxygen atoms in total. The Balaban J connectivity index is 2.00. The number of rotatable bonds is 5. The van der Waals surface area contributed by atoms with Crippen molar-refractivity contribution in [2.24, 2.45) is 0 Å². The topological polar surface area (TPSA) is 55.4 Å². The van der Waals surface area contributed by atoms with Crippen molar-refractivity contribution in [1.29, 1.82) is 0 Å². The van der Waals surface area contributed by atoms with Crippen LogP contribution in [0, 0.1) is 0 Å². The smallest absolute Gasteiger partial charge is 0.178 e. The van der Waals surface area contributed by atoms with Gasteiger partial charge < -0.3 is 10.1 Å². The second-order valence-corrected chi connectivity index (χ2v) is 7.57. The fraction of sp³-hybridized carbons (Fsp3) is 0.600. The summed E-state index contributed by atoms with van der Waals surface area (Å²) < 4.78 is 28.9. The van der Waals surface area contributed by atoms with Crippen LogP contribution in [0.4, 0.5) is 5.69 Å². The summed E-state index contributed by atoms with van der Waals surface area (Å²) in [5.41, 5.74) is 0.974. The second-order valence-electron chi connectivity index (χ2n) is 5.29. The molecule has 0 aromatic heterocycles. The molecule has 20 heavy (non-hydrogen) atoms. The average Bonchev–Trinajstić information content (AvgIpc) is 2.48. The quantitative estimate of drug-likeness (QED) is 0.908. The molecule has 0 spiro atoms. The predicted octanol–water partition coefficient (Wildman–Crippen LogP) is 2.85. The van der Waals surface area contributed by atoms with Crippen molar-refractivity contribution in [3.8, 4) is 0 Å². The lowest BCUT2D eigenvalue weighted by atomic mass is 9.92. The van der Waals surface area contributed by atoms with Crippen molar-refractivity contribution >= 4 is 15.5 Å². The molecule has 1 N–H and O–H groups in total. The number of hydrogen-bond acceptors (Lipinski definition) is 4. The van der Waals surface area contributed by atoms with Crippen molar-refractivity contribution in [3.63, 3.8) is 0 Å². The lowest BCUT2D eigenvalue weighted by Crippen LogP contribution is -2.30. The highest BCUT2D eigenvalue weighted by atomic mass is 32.2. The van der Waals surface area contributed by atoms with Gasteiger partial charge in [-0.1, -0.05) is 6.92 Å². The fourth-order valence-electron chi connectivity index (χ4n) is 2.65. The molecular formula is C15H23NO3S. The van der Waals surface area contributed by atoms with E-state index in [1.165, 1.54) is 6.42 Å². The van der Waals surface area contributed by atoms with Gasteiger partial charge in [0.25, 0.3) is 0 Å². The van der Waals surface area contributed by atoms with E-state index in [-0.39, 0.29) is 5.75 Å². The molecule has 2 atom stereocenters. The van der Waals surface area contributed by atoms with Crippen LogP contribution in [0.15, 0.2) is 29.2 Å². The summed E-state index contributed by atoms with van der Waals surface area (Å²) in [5, 5.41) is 3.47. The van der Waals surface area contributed by atoms with Gasteiger partial charge in [0, 0.05) is 18.8 Å². The Labute approximate surface area is 121 Å². The molecule has 2 rings (SSSR count). The van der Waals surface area contributed by atoms with Gasteiger partial charge in [-0.25, -0.2) is 8.42 Å². The van der Waals surface area contributed by atoms with Crippen molar-refractivity contribution in [1.82, 2.24) is 0 Å². The third-order valence-electron chi connectivity index (χ3n) is 3.92. The summed E-state index contributed by atoms with van der Waals surface area (Å²) >= 11 is 0. The van der Waals surface area contributed by atoms with Gasteiger partial charge in [0.15, 0.2) is 9.84 Å². The Bertz CT molecular complexity index is 525. The predicted molar refractivity (Wildman–Crippen MR) is 80.8 cm³/mol. The molecule has 1 aliphatic rings. The summed E-state index contributed by atoms with van der Waals surface area (Å²) in [5.74, 6) is 0.137. The van der Waals surface area contributed by atoms with E-state index >= 15 is 0 Å². The molecule has 1 aromatic carbocycles. The maximum Gasteiger partial charge on any atom is 0.178 e. The minimum atomic E-state index is -3.11. The minimum Gasteiger partial charge on any atom is -0.382 e. The van der Waals surface area contributed by atoms with Crippen molar-refractivity contribution in [2.45, 2.75) is 49.6 Å². The summed E-state index contributed by atoms with van der Waals surface area (Å²) in [6.07, 6.45) is 4.77. The zero-order valence-corrected chi connectivity index (χ0v) is 12.9. The molecule has 5 heteroatoms. The van der Waals surface area contributed by atoms with E-state index in [2.05, 4.69) is 5.32 Å². The maximum absolute atomic E-state index is 11.7. The number of anilines is 1. The highest BCUT2D eigenvalue weighted by Crippen LogP contribution is 2.24. The Morgan fingerprint density at radius 1 is 1.25 bits per heavy atom. The molecule has 0 bridgehead atoms. The molecule has 1 fully saturated rings. The Morgan fingerprint density at radius 3 is 2.55 bits per heavy atom. The zero-order chi connectivity index (χ0) is 14.6. The number of methoxy groups -OCH3 is 1. The molecule has 1 saturated carbocycles. The zero-order valence-electron chi connectivity index (χ0n) is 12.1. The first kappa shape index (κ1) is 15.3. The molecule has 112 valence electrons. The van der Waals surface area contributed by atoms with Crippen molar-refractivity contribution in [2.75, 3.05) is 18.2 Å². The Hall–Kier alpha value is -1.07. The first-order valence-corrected chi connectivity index (χ1v) is 8.82. The van der Waals surface area contributed by atoms with Gasteiger partial charge in [0.05, 0.1) is 16.8 Å². The first-order valence-electron chi connectivity index (χ1n) is 7.17.